The lowest BCUT2D eigenvalue weighted by Gasteiger charge is -2.34. The lowest BCUT2D eigenvalue weighted by Crippen LogP contribution is -2.35. The second kappa shape index (κ2) is 6.03. The van der Waals surface area contributed by atoms with E-state index in [1.165, 1.54) is 12.8 Å². The van der Waals surface area contributed by atoms with E-state index in [-0.39, 0.29) is 0 Å². The summed E-state index contributed by atoms with van der Waals surface area (Å²) >= 11 is 0. The molecule has 1 aliphatic heterocycles. The summed E-state index contributed by atoms with van der Waals surface area (Å²) in [5.41, 5.74) is 0. The molecule has 4 heteroatoms. The van der Waals surface area contributed by atoms with Crippen LogP contribution < -0.4 is 10.2 Å². The minimum Gasteiger partial charge on any atom is -0.370 e. The van der Waals surface area contributed by atoms with E-state index in [0.717, 1.165) is 43.1 Å². The molecule has 1 N–H and O–H groups in total. The number of hydrogen-bond acceptors (Lipinski definition) is 4. The highest BCUT2D eigenvalue weighted by molar-refractivity contribution is 5.48. The number of anilines is 2. The second-order valence-corrected chi connectivity index (χ2v) is 5.36. The van der Waals surface area contributed by atoms with Crippen molar-refractivity contribution < 1.29 is 0 Å². The van der Waals surface area contributed by atoms with Crippen LogP contribution in [0.25, 0.3) is 0 Å². The summed E-state index contributed by atoms with van der Waals surface area (Å²) in [6, 6.07) is 2.05. The third kappa shape index (κ3) is 3.12. The maximum absolute atomic E-state index is 4.39. The summed E-state index contributed by atoms with van der Waals surface area (Å²) in [6.07, 6.45) is 4.21. The zero-order valence-corrected chi connectivity index (χ0v) is 11.7. The van der Waals surface area contributed by atoms with Gasteiger partial charge in [0.05, 0.1) is 0 Å². The highest BCUT2D eigenvalue weighted by Crippen LogP contribution is 2.27. The fourth-order valence-electron chi connectivity index (χ4n) is 2.59. The van der Waals surface area contributed by atoms with E-state index in [9.17, 15) is 0 Å². The number of aromatic nitrogens is 2. The molecule has 0 bridgehead atoms. The van der Waals surface area contributed by atoms with Gasteiger partial charge in [-0.15, -0.1) is 0 Å². The van der Waals surface area contributed by atoms with Gasteiger partial charge in [0.25, 0.3) is 0 Å². The Labute approximate surface area is 110 Å². The van der Waals surface area contributed by atoms with Crippen molar-refractivity contribution in [3.8, 4) is 0 Å². The molecule has 2 heterocycles. The lowest BCUT2D eigenvalue weighted by atomic mass is 9.87. The third-order valence-corrected chi connectivity index (χ3v) is 3.82. The molecule has 0 aliphatic carbocycles. The van der Waals surface area contributed by atoms with E-state index < -0.39 is 0 Å². The van der Waals surface area contributed by atoms with E-state index in [0.29, 0.717) is 0 Å². The first-order valence-corrected chi connectivity index (χ1v) is 7.01. The first-order valence-electron chi connectivity index (χ1n) is 7.01. The minimum atomic E-state index is 0.801. The maximum atomic E-state index is 4.39. The van der Waals surface area contributed by atoms with E-state index in [1.807, 2.05) is 0 Å². The van der Waals surface area contributed by atoms with Crippen LogP contribution in [0.15, 0.2) is 12.4 Å². The molecule has 0 atom stereocenters. The van der Waals surface area contributed by atoms with Gasteiger partial charge in [-0.05, 0) is 31.6 Å². The topological polar surface area (TPSA) is 41.0 Å². The summed E-state index contributed by atoms with van der Waals surface area (Å²) in [6.45, 7) is 9.86. The predicted octanol–water partition coefficient (Wildman–Crippen LogP) is 2.78. The van der Waals surface area contributed by atoms with Crippen molar-refractivity contribution in [2.24, 2.45) is 11.8 Å². The van der Waals surface area contributed by atoms with Crippen LogP contribution >= 0.6 is 0 Å². The van der Waals surface area contributed by atoms with Gasteiger partial charge < -0.3 is 10.2 Å². The van der Waals surface area contributed by atoms with Gasteiger partial charge >= 0.3 is 0 Å². The van der Waals surface area contributed by atoms with Gasteiger partial charge in [-0.25, -0.2) is 9.97 Å². The third-order valence-electron chi connectivity index (χ3n) is 3.82. The molecule has 0 unspecified atom stereocenters. The van der Waals surface area contributed by atoms with Crippen molar-refractivity contribution in [3.63, 3.8) is 0 Å². The Bertz CT molecular complexity index is 370. The van der Waals surface area contributed by atoms with E-state index in [1.54, 1.807) is 6.33 Å². The number of hydrogen-bond donors (Lipinski definition) is 1. The quantitative estimate of drug-likeness (QED) is 0.889. The van der Waals surface area contributed by atoms with Crippen LogP contribution in [0, 0.1) is 11.8 Å². The zero-order valence-electron chi connectivity index (χ0n) is 11.7. The molecule has 18 heavy (non-hydrogen) atoms. The Morgan fingerprint density at radius 1 is 1.33 bits per heavy atom. The summed E-state index contributed by atoms with van der Waals surface area (Å²) in [5.74, 6) is 3.66. The van der Waals surface area contributed by atoms with Crippen molar-refractivity contribution in [3.05, 3.63) is 12.4 Å². The van der Waals surface area contributed by atoms with E-state index in [4.69, 9.17) is 0 Å². The first-order chi connectivity index (χ1) is 8.70. The molecule has 1 saturated heterocycles. The fraction of sp³-hybridized carbons (Fsp3) is 0.714. The van der Waals surface area contributed by atoms with Crippen molar-refractivity contribution in [1.29, 1.82) is 0 Å². The predicted molar refractivity (Wildman–Crippen MR) is 76.0 cm³/mol. The largest absolute Gasteiger partial charge is 0.370 e. The Hall–Kier alpha value is -1.32. The Morgan fingerprint density at radius 2 is 2.06 bits per heavy atom. The van der Waals surface area contributed by atoms with Crippen LogP contribution in [0.1, 0.15) is 33.6 Å². The molecule has 1 fully saturated rings. The first kappa shape index (κ1) is 13.1. The summed E-state index contributed by atoms with van der Waals surface area (Å²) in [4.78, 5) is 11.0. The molecular weight excluding hydrogens is 224 g/mol. The van der Waals surface area contributed by atoms with Gasteiger partial charge in [0.15, 0.2) is 0 Å². The van der Waals surface area contributed by atoms with Crippen LogP contribution in [-0.2, 0) is 0 Å². The molecule has 1 aromatic heterocycles. The fourth-order valence-corrected chi connectivity index (χ4v) is 2.59. The Kier molecular flexibility index (Phi) is 4.39. The van der Waals surface area contributed by atoms with Gasteiger partial charge in [0.2, 0.25) is 0 Å². The maximum Gasteiger partial charge on any atom is 0.134 e. The smallest absolute Gasteiger partial charge is 0.134 e. The van der Waals surface area contributed by atoms with Crippen molar-refractivity contribution in [2.45, 2.75) is 33.6 Å². The monoisotopic (exact) mass is 248 g/mol. The van der Waals surface area contributed by atoms with Gasteiger partial charge in [-0.2, -0.15) is 0 Å². The molecule has 1 aliphatic rings. The molecule has 0 radical (unpaired) electrons. The SMILES string of the molecule is CCNc1cc(N2CCC(C(C)C)CC2)ncn1. The summed E-state index contributed by atoms with van der Waals surface area (Å²) < 4.78 is 0. The summed E-state index contributed by atoms with van der Waals surface area (Å²) in [7, 11) is 0. The van der Waals surface area contributed by atoms with Crippen molar-refractivity contribution >= 4 is 11.6 Å². The van der Waals surface area contributed by atoms with Crippen LogP contribution in [0.2, 0.25) is 0 Å². The number of piperidine rings is 1. The molecule has 4 nitrogen and oxygen atoms in total. The number of rotatable bonds is 4. The summed E-state index contributed by atoms with van der Waals surface area (Å²) in [5, 5.41) is 3.24. The second-order valence-electron chi connectivity index (χ2n) is 5.36. The van der Waals surface area contributed by atoms with Gasteiger partial charge in [0.1, 0.15) is 18.0 Å². The molecule has 0 saturated carbocycles. The van der Waals surface area contributed by atoms with Gasteiger partial charge in [0, 0.05) is 25.7 Å². The van der Waals surface area contributed by atoms with Crippen molar-refractivity contribution in [1.82, 2.24) is 9.97 Å². The van der Waals surface area contributed by atoms with Crippen LogP contribution in [0.4, 0.5) is 11.6 Å². The normalized spacial score (nSPS) is 17.2. The highest BCUT2D eigenvalue weighted by Gasteiger charge is 2.22. The average molecular weight is 248 g/mol. The number of nitrogens with zero attached hydrogens (tertiary/aromatic N) is 3. The number of nitrogens with one attached hydrogen (secondary N) is 1. The van der Waals surface area contributed by atoms with Crippen LogP contribution in [-0.4, -0.2) is 29.6 Å². The van der Waals surface area contributed by atoms with Gasteiger partial charge in [-0.1, -0.05) is 13.8 Å². The molecule has 0 amide bonds. The lowest BCUT2D eigenvalue weighted by molar-refractivity contribution is 0.310. The zero-order chi connectivity index (χ0) is 13.0. The van der Waals surface area contributed by atoms with Crippen LogP contribution in [0.3, 0.4) is 0 Å². The van der Waals surface area contributed by atoms with E-state index >= 15 is 0 Å². The average Bonchev–Trinajstić information content (AvgIpc) is 2.39. The molecule has 0 aromatic carbocycles. The Morgan fingerprint density at radius 3 is 2.67 bits per heavy atom. The Balaban J connectivity index is 1.98. The molecule has 1 aromatic rings. The molecule has 2 rings (SSSR count). The molecular formula is C14H24N4. The van der Waals surface area contributed by atoms with Gasteiger partial charge in [-0.3, -0.25) is 0 Å². The van der Waals surface area contributed by atoms with E-state index in [2.05, 4.69) is 47.0 Å². The van der Waals surface area contributed by atoms with Crippen molar-refractivity contribution in [2.75, 3.05) is 29.9 Å². The molecule has 100 valence electrons. The molecule has 0 spiro atoms. The minimum absolute atomic E-state index is 0.801. The van der Waals surface area contributed by atoms with Crippen LogP contribution in [0.5, 0.6) is 0 Å². The standard InChI is InChI=1S/C14H24N4/c1-4-15-13-9-14(17-10-16-13)18-7-5-12(6-8-18)11(2)3/h9-12H,4-8H2,1-3H3,(H,15,16,17). The highest BCUT2D eigenvalue weighted by atomic mass is 15.2.